The number of aromatic nitrogens is 4. The number of rotatable bonds is 5. The summed E-state index contributed by atoms with van der Waals surface area (Å²) in [5.74, 6) is 0.243. The first-order chi connectivity index (χ1) is 11.1. The zero-order valence-electron chi connectivity index (χ0n) is 12.3. The molecule has 0 amide bonds. The van der Waals surface area contributed by atoms with Crippen molar-refractivity contribution in [2.75, 3.05) is 18.8 Å². The van der Waals surface area contributed by atoms with Crippen molar-refractivity contribution < 1.29 is 14.9 Å². The van der Waals surface area contributed by atoms with Crippen molar-refractivity contribution >= 4 is 17.0 Å². The molecule has 7 N–H and O–H groups in total. The molecule has 0 bridgehead atoms. The van der Waals surface area contributed by atoms with Gasteiger partial charge < -0.3 is 31.7 Å². The van der Waals surface area contributed by atoms with Gasteiger partial charge >= 0.3 is 0 Å². The van der Waals surface area contributed by atoms with Gasteiger partial charge in [-0.3, -0.25) is 4.57 Å². The molecule has 3 rings (SSSR count). The molecule has 1 fully saturated rings. The molecule has 0 radical (unpaired) electrons. The number of anilines is 1. The number of aliphatic hydroxyl groups excluding tert-OH is 2. The Morgan fingerprint density at radius 2 is 2.13 bits per heavy atom. The number of imidazole rings is 1. The molecule has 1 aliphatic heterocycles. The van der Waals surface area contributed by atoms with Gasteiger partial charge in [0.15, 0.2) is 17.7 Å². The second-order valence-corrected chi connectivity index (χ2v) is 5.18. The lowest BCUT2D eigenvalue weighted by Crippen LogP contribution is -2.36. The number of nitrogen functional groups attached to an aromatic ring is 1. The molecule has 4 atom stereocenters. The molecule has 23 heavy (non-hydrogen) atoms. The molecule has 0 saturated carbocycles. The summed E-state index contributed by atoms with van der Waals surface area (Å²) in [5, 5.41) is 23.4. The average Bonchev–Trinajstić information content (AvgIpc) is 3.09. The first-order valence-electron chi connectivity index (χ1n) is 7.16. The Hall–Kier alpha value is -2.27. The van der Waals surface area contributed by atoms with Crippen LogP contribution in [0.25, 0.3) is 11.2 Å². The minimum Gasteiger partial charge on any atom is -0.388 e. The molecule has 1 aliphatic rings. The van der Waals surface area contributed by atoms with Gasteiger partial charge in [-0.25, -0.2) is 15.0 Å². The maximum atomic E-state index is 10.3. The maximum absolute atomic E-state index is 10.3. The molecular weight excluding hydrogens is 302 g/mol. The first kappa shape index (κ1) is 15.6. The number of hydrogen-bond acceptors (Lipinski definition) is 9. The van der Waals surface area contributed by atoms with Gasteiger partial charge in [-0.05, 0) is 6.20 Å². The van der Waals surface area contributed by atoms with E-state index in [-0.39, 0.29) is 5.82 Å². The van der Waals surface area contributed by atoms with Crippen molar-refractivity contribution in [2.45, 2.75) is 24.5 Å². The van der Waals surface area contributed by atoms with Crippen LogP contribution in [0.2, 0.25) is 0 Å². The predicted octanol–water partition coefficient (Wildman–Crippen LogP) is -1.91. The van der Waals surface area contributed by atoms with E-state index in [1.807, 2.05) is 0 Å². The van der Waals surface area contributed by atoms with E-state index in [9.17, 15) is 10.2 Å². The van der Waals surface area contributed by atoms with Crippen molar-refractivity contribution in [3.8, 4) is 0 Å². The Morgan fingerprint density at radius 3 is 2.91 bits per heavy atom. The number of ether oxygens (including phenoxy) is 1. The lowest BCUT2D eigenvalue weighted by molar-refractivity contribution is -0.0334. The number of aliphatic hydroxyl groups is 2. The van der Waals surface area contributed by atoms with Crippen molar-refractivity contribution in [2.24, 2.45) is 5.73 Å². The highest BCUT2D eigenvalue weighted by Gasteiger charge is 2.44. The quantitative estimate of drug-likeness (QED) is 0.423. The highest BCUT2D eigenvalue weighted by molar-refractivity contribution is 5.81. The van der Waals surface area contributed by atoms with Crippen molar-refractivity contribution in [1.82, 2.24) is 24.8 Å². The van der Waals surface area contributed by atoms with E-state index in [1.165, 1.54) is 17.2 Å². The molecule has 0 unspecified atom stereocenters. The third-order valence-electron chi connectivity index (χ3n) is 3.69. The molecule has 10 heteroatoms. The monoisotopic (exact) mass is 321 g/mol. The molecule has 124 valence electrons. The Bertz CT molecular complexity index is 704. The summed E-state index contributed by atoms with van der Waals surface area (Å²) < 4.78 is 7.29. The van der Waals surface area contributed by atoms with Crippen molar-refractivity contribution in [3.63, 3.8) is 0 Å². The van der Waals surface area contributed by atoms with E-state index in [0.717, 1.165) is 0 Å². The molecule has 3 heterocycles. The van der Waals surface area contributed by atoms with Crippen LogP contribution in [0.5, 0.6) is 0 Å². The van der Waals surface area contributed by atoms with Gasteiger partial charge in [-0.2, -0.15) is 0 Å². The number of hydrogen-bond donors (Lipinski definition) is 5. The molecule has 10 nitrogen and oxygen atoms in total. The van der Waals surface area contributed by atoms with Crippen LogP contribution in [0.3, 0.4) is 0 Å². The van der Waals surface area contributed by atoms with Gasteiger partial charge in [-0.15, -0.1) is 0 Å². The fraction of sp³-hybridized carbons (Fsp3) is 0.462. The molecule has 2 aromatic heterocycles. The number of nitrogens with zero attached hydrogens (tertiary/aromatic N) is 4. The van der Waals surface area contributed by atoms with Gasteiger partial charge in [0.05, 0.1) is 6.33 Å². The van der Waals surface area contributed by atoms with Crippen LogP contribution in [0, 0.1) is 0 Å². The van der Waals surface area contributed by atoms with Gasteiger partial charge in [0.2, 0.25) is 0 Å². The smallest absolute Gasteiger partial charge is 0.167 e. The number of nitrogens with two attached hydrogens (primary N) is 2. The van der Waals surface area contributed by atoms with Gasteiger partial charge in [0.1, 0.15) is 30.2 Å². The van der Waals surface area contributed by atoms with Gasteiger partial charge in [0, 0.05) is 13.1 Å². The van der Waals surface area contributed by atoms with Crippen LogP contribution >= 0.6 is 0 Å². The largest absolute Gasteiger partial charge is 0.388 e. The van der Waals surface area contributed by atoms with Gasteiger partial charge in [-0.1, -0.05) is 6.08 Å². The first-order valence-corrected chi connectivity index (χ1v) is 7.16. The van der Waals surface area contributed by atoms with Crippen molar-refractivity contribution in [1.29, 1.82) is 0 Å². The van der Waals surface area contributed by atoms with E-state index in [4.69, 9.17) is 16.2 Å². The molecule has 1 saturated heterocycles. The Labute approximate surface area is 131 Å². The molecule has 0 aliphatic carbocycles. The zero-order valence-corrected chi connectivity index (χ0v) is 12.3. The SMILES string of the molecule is NC/C=C\NC[C@@H]1O[C@H](n2cnc3c(N)ncnc32)[C@@H](O)[C@H]1O. The number of nitrogens with one attached hydrogen (secondary N) is 1. The second kappa shape index (κ2) is 6.46. The van der Waals surface area contributed by atoms with Crippen LogP contribution in [-0.4, -0.2) is 61.1 Å². The lowest BCUT2D eigenvalue weighted by atomic mass is 10.1. The maximum Gasteiger partial charge on any atom is 0.167 e. The molecular formula is C13H19N7O3. The lowest BCUT2D eigenvalue weighted by Gasteiger charge is -2.16. The van der Waals surface area contributed by atoms with Crippen LogP contribution < -0.4 is 16.8 Å². The summed E-state index contributed by atoms with van der Waals surface area (Å²) in [4.78, 5) is 12.1. The standard InChI is InChI=1S/C13H19N7O3/c14-2-1-3-16-4-7-9(21)10(22)13(23-7)20-6-19-8-11(15)17-5-18-12(8)20/h1,3,5-7,9-10,13,16,21-22H,2,4,14H2,(H2,15,17,18)/b3-1-/t7-,9-,10-,13-/m0/s1. The van der Waals surface area contributed by atoms with E-state index in [0.29, 0.717) is 24.3 Å². The fourth-order valence-electron chi connectivity index (χ4n) is 2.52. The van der Waals surface area contributed by atoms with E-state index >= 15 is 0 Å². The summed E-state index contributed by atoms with van der Waals surface area (Å²) in [6.45, 7) is 0.740. The van der Waals surface area contributed by atoms with Crippen LogP contribution in [-0.2, 0) is 4.74 Å². The minimum absolute atomic E-state index is 0.243. The van der Waals surface area contributed by atoms with Crippen LogP contribution in [0.15, 0.2) is 24.9 Å². The highest BCUT2D eigenvalue weighted by atomic mass is 16.6. The molecule has 0 aromatic carbocycles. The van der Waals surface area contributed by atoms with E-state index in [1.54, 1.807) is 12.3 Å². The van der Waals surface area contributed by atoms with Gasteiger partial charge in [0.25, 0.3) is 0 Å². The van der Waals surface area contributed by atoms with Crippen molar-refractivity contribution in [3.05, 3.63) is 24.9 Å². The Morgan fingerprint density at radius 1 is 1.30 bits per heavy atom. The van der Waals surface area contributed by atoms with Crippen LogP contribution in [0.1, 0.15) is 6.23 Å². The highest BCUT2D eigenvalue weighted by Crippen LogP contribution is 2.31. The van der Waals surface area contributed by atoms with E-state index in [2.05, 4.69) is 20.3 Å². The van der Waals surface area contributed by atoms with E-state index < -0.39 is 24.5 Å². The summed E-state index contributed by atoms with van der Waals surface area (Å²) in [6, 6.07) is 0. The molecule has 2 aromatic rings. The fourth-order valence-corrected chi connectivity index (χ4v) is 2.52. The molecule has 0 spiro atoms. The third-order valence-corrected chi connectivity index (χ3v) is 3.69. The Kier molecular flexibility index (Phi) is 4.39. The topological polar surface area (TPSA) is 157 Å². The normalized spacial score (nSPS) is 28.0. The summed E-state index contributed by atoms with van der Waals surface area (Å²) in [6.07, 6.45) is 2.62. The zero-order chi connectivity index (χ0) is 16.4. The second-order valence-electron chi connectivity index (χ2n) is 5.18. The number of fused-ring (bicyclic) bond motifs is 1. The summed E-state index contributed by atoms with van der Waals surface area (Å²) >= 11 is 0. The summed E-state index contributed by atoms with van der Waals surface area (Å²) in [5.41, 5.74) is 11.9. The third kappa shape index (κ3) is 2.84. The minimum atomic E-state index is -1.12. The summed E-state index contributed by atoms with van der Waals surface area (Å²) in [7, 11) is 0. The Balaban J connectivity index is 1.80. The average molecular weight is 321 g/mol. The predicted molar refractivity (Wildman–Crippen MR) is 81.9 cm³/mol. The van der Waals surface area contributed by atoms with Crippen LogP contribution in [0.4, 0.5) is 5.82 Å².